The number of carboxylic acid groups (broad SMARTS) is 1. The number of nitrogens with zero attached hydrogens (tertiary/aromatic N) is 2. The van der Waals surface area contributed by atoms with E-state index in [2.05, 4.69) is 26.7 Å². The van der Waals surface area contributed by atoms with Crippen LogP contribution in [0.25, 0.3) is 0 Å². The van der Waals surface area contributed by atoms with Crippen molar-refractivity contribution < 1.29 is 9.90 Å². The molecule has 2 aromatic rings. The van der Waals surface area contributed by atoms with Gasteiger partial charge in [0.05, 0.1) is 5.69 Å². The highest BCUT2D eigenvalue weighted by molar-refractivity contribution is 7.13. The lowest BCUT2D eigenvalue weighted by Crippen LogP contribution is -2.29. The molecule has 0 aromatic carbocycles. The van der Waals surface area contributed by atoms with Crippen LogP contribution >= 0.6 is 22.7 Å². The maximum absolute atomic E-state index is 11.4. The maximum Gasteiger partial charge on any atom is 0.315 e. The van der Waals surface area contributed by atoms with Crippen molar-refractivity contribution in [3.63, 3.8) is 0 Å². The molecule has 0 aliphatic heterocycles. The van der Waals surface area contributed by atoms with Gasteiger partial charge in [0, 0.05) is 18.0 Å². The van der Waals surface area contributed by atoms with Crippen molar-refractivity contribution >= 4 is 33.8 Å². The van der Waals surface area contributed by atoms with E-state index in [1.54, 1.807) is 36.5 Å². The van der Waals surface area contributed by atoms with Crippen LogP contribution in [0, 0.1) is 0 Å². The number of thiophene rings is 1. The molecule has 1 aliphatic carbocycles. The Hall–Kier alpha value is -1.40. The summed E-state index contributed by atoms with van der Waals surface area (Å²) in [5.74, 6) is -0.838. The third-order valence-electron chi connectivity index (χ3n) is 3.83. The van der Waals surface area contributed by atoms with Gasteiger partial charge in [-0.3, -0.25) is 4.79 Å². The number of anilines is 1. The van der Waals surface area contributed by atoms with Crippen molar-refractivity contribution in [2.24, 2.45) is 0 Å². The molecule has 3 rings (SSSR count). The van der Waals surface area contributed by atoms with Gasteiger partial charge in [-0.15, -0.1) is 11.3 Å². The molecule has 21 heavy (non-hydrogen) atoms. The summed E-state index contributed by atoms with van der Waals surface area (Å²) in [6.07, 6.45) is 2.39. The Morgan fingerprint density at radius 2 is 2.24 bits per heavy atom. The zero-order chi connectivity index (χ0) is 15.0. The molecule has 1 saturated carbocycles. The van der Waals surface area contributed by atoms with E-state index in [1.807, 2.05) is 5.38 Å². The van der Waals surface area contributed by atoms with Gasteiger partial charge in [-0.05, 0) is 49.1 Å². The van der Waals surface area contributed by atoms with E-state index in [0.29, 0.717) is 11.7 Å². The first-order valence-corrected chi connectivity index (χ1v) is 8.78. The first-order valence-electron chi connectivity index (χ1n) is 6.95. The van der Waals surface area contributed by atoms with Crippen molar-refractivity contribution in [1.29, 1.82) is 0 Å². The molecule has 2 aromatic heterocycles. The third kappa shape index (κ3) is 2.96. The Morgan fingerprint density at radius 3 is 2.81 bits per heavy atom. The molecule has 112 valence electrons. The predicted octanol–water partition coefficient (Wildman–Crippen LogP) is 3.74. The SMILES string of the molecule is CC(C)(C(=O)O)c1csc(N(Cc2ccsc2)C2CC2)n1. The summed E-state index contributed by atoms with van der Waals surface area (Å²) >= 11 is 3.25. The van der Waals surface area contributed by atoms with Crippen LogP contribution in [0.1, 0.15) is 37.9 Å². The maximum atomic E-state index is 11.4. The van der Waals surface area contributed by atoms with E-state index in [-0.39, 0.29) is 0 Å². The number of rotatable bonds is 6. The van der Waals surface area contributed by atoms with Gasteiger partial charge in [0.2, 0.25) is 0 Å². The van der Waals surface area contributed by atoms with Crippen LogP contribution < -0.4 is 4.90 Å². The summed E-state index contributed by atoms with van der Waals surface area (Å²) in [6, 6.07) is 2.69. The summed E-state index contributed by atoms with van der Waals surface area (Å²) in [7, 11) is 0. The lowest BCUT2D eigenvalue weighted by Gasteiger charge is -2.21. The van der Waals surface area contributed by atoms with Gasteiger partial charge in [-0.2, -0.15) is 11.3 Å². The van der Waals surface area contributed by atoms with Crippen molar-refractivity contribution in [2.45, 2.75) is 44.7 Å². The molecule has 0 amide bonds. The van der Waals surface area contributed by atoms with E-state index in [0.717, 1.165) is 11.7 Å². The fourth-order valence-electron chi connectivity index (χ4n) is 2.11. The predicted molar refractivity (Wildman–Crippen MR) is 86.3 cm³/mol. The van der Waals surface area contributed by atoms with Gasteiger partial charge in [0.1, 0.15) is 5.41 Å². The van der Waals surface area contributed by atoms with Crippen LogP contribution in [0.2, 0.25) is 0 Å². The lowest BCUT2D eigenvalue weighted by molar-refractivity contribution is -0.142. The third-order valence-corrected chi connectivity index (χ3v) is 5.44. The minimum atomic E-state index is -0.938. The monoisotopic (exact) mass is 322 g/mol. The quantitative estimate of drug-likeness (QED) is 0.880. The molecule has 0 radical (unpaired) electrons. The van der Waals surface area contributed by atoms with Gasteiger partial charge in [-0.1, -0.05) is 0 Å². The summed E-state index contributed by atoms with van der Waals surface area (Å²) in [5, 5.41) is 16.4. The van der Waals surface area contributed by atoms with E-state index >= 15 is 0 Å². The van der Waals surface area contributed by atoms with Gasteiger partial charge < -0.3 is 10.0 Å². The van der Waals surface area contributed by atoms with Crippen LogP contribution in [0.15, 0.2) is 22.2 Å². The average Bonchev–Trinajstić information content (AvgIpc) is 2.94. The molecule has 0 bridgehead atoms. The number of carboxylic acids is 1. The molecule has 0 atom stereocenters. The van der Waals surface area contributed by atoms with Gasteiger partial charge >= 0.3 is 5.97 Å². The number of thiazole rings is 1. The van der Waals surface area contributed by atoms with Crippen LogP contribution in [0.5, 0.6) is 0 Å². The Balaban J connectivity index is 1.84. The Labute approximate surface area is 132 Å². The smallest absolute Gasteiger partial charge is 0.315 e. The molecule has 0 unspecified atom stereocenters. The highest BCUT2D eigenvalue weighted by Crippen LogP contribution is 2.37. The average molecular weight is 322 g/mol. The van der Waals surface area contributed by atoms with Crippen LogP contribution in [0.3, 0.4) is 0 Å². The molecule has 0 saturated heterocycles. The minimum absolute atomic E-state index is 0.553. The number of carbonyl (C=O) groups is 1. The molecule has 0 spiro atoms. The zero-order valence-electron chi connectivity index (χ0n) is 12.1. The van der Waals surface area contributed by atoms with Crippen LogP contribution in [-0.2, 0) is 16.8 Å². The molecule has 1 aliphatic rings. The summed E-state index contributed by atoms with van der Waals surface area (Å²) in [6.45, 7) is 4.26. The van der Waals surface area contributed by atoms with Crippen LogP contribution in [0.4, 0.5) is 5.13 Å². The highest BCUT2D eigenvalue weighted by Gasteiger charge is 2.35. The van der Waals surface area contributed by atoms with Crippen molar-refractivity contribution in [1.82, 2.24) is 4.98 Å². The van der Waals surface area contributed by atoms with Crippen molar-refractivity contribution in [3.05, 3.63) is 33.5 Å². The molecular weight excluding hydrogens is 304 g/mol. The van der Waals surface area contributed by atoms with E-state index in [4.69, 9.17) is 0 Å². The van der Waals surface area contributed by atoms with Gasteiger partial charge in [-0.25, -0.2) is 4.98 Å². The highest BCUT2D eigenvalue weighted by atomic mass is 32.1. The van der Waals surface area contributed by atoms with E-state index in [9.17, 15) is 9.90 Å². The van der Waals surface area contributed by atoms with Gasteiger partial charge in [0.15, 0.2) is 5.13 Å². The second-order valence-electron chi connectivity index (χ2n) is 5.94. The number of aromatic nitrogens is 1. The molecular formula is C15H18N2O2S2. The standard InChI is InChI=1S/C15H18N2O2S2/c1-15(2,13(18)19)12-9-21-14(16-12)17(11-3-4-11)7-10-5-6-20-8-10/h5-6,8-9,11H,3-4,7H2,1-2H3,(H,18,19). The second kappa shape index (κ2) is 5.42. The summed E-state index contributed by atoms with van der Waals surface area (Å²) in [4.78, 5) is 18.3. The van der Waals surface area contributed by atoms with Crippen molar-refractivity contribution in [3.8, 4) is 0 Å². The molecule has 4 nitrogen and oxygen atoms in total. The number of hydrogen-bond donors (Lipinski definition) is 1. The summed E-state index contributed by atoms with van der Waals surface area (Å²) < 4.78 is 0. The fraction of sp³-hybridized carbons (Fsp3) is 0.467. The Kier molecular flexibility index (Phi) is 3.75. The Bertz CT molecular complexity index is 630. The van der Waals surface area contributed by atoms with Crippen molar-refractivity contribution in [2.75, 3.05) is 4.90 Å². The normalized spacial score (nSPS) is 15.1. The molecule has 1 N–H and O–H groups in total. The first-order chi connectivity index (χ1) is 9.98. The molecule has 6 heteroatoms. The van der Waals surface area contributed by atoms with Crippen LogP contribution in [-0.4, -0.2) is 22.1 Å². The first kappa shape index (κ1) is 14.5. The van der Waals surface area contributed by atoms with Gasteiger partial charge in [0.25, 0.3) is 0 Å². The molecule has 2 heterocycles. The largest absolute Gasteiger partial charge is 0.481 e. The Morgan fingerprint density at radius 1 is 1.48 bits per heavy atom. The fourth-order valence-corrected chi connectivity index (χ4v) is 3.84. The summed E-state index contributed by atoms with van der Waals surface area (Å²) in [5.41, 5.74) is 0.999. The lowest BCUT2D eigenvalue weighted by atomic mass is 9.90. The number of hydrogen-bond acceptors (Lipinski definition) is 5. The minimum Gasteiger partial charge on any atom is -0.481 e. The zero-order valence-corrected chi connectivity index (χ0v) is 13.7. The second-order valence-corrected chi connectivity index (χ2v) is 7.55. The molecule has 1 fully saturated rings. The topological polar surface area (TPSA) is 53.4 Å². The van der Waals surface area contributed by atoms with E-state index in [1.165, 1.54) is 18.4 Å². The van der Waals surface area contributed by atoms with E-state index < -0.39 is 11.4 Å². The number of aliphatic carboxylic acids is 1.